The molecule has 0 spiro atoms. The van der Waals surface area contributed by atoms with Gasteiger partial charge in [-0.15, -0.1) is 0 Å². The van der Waals surface area contributed by atoms with Gasteiger partial charge in [0, 0.05) is 6.54 Å². The van der Waals surface area contributed by atoms with Crippen LogP contribution in [0.4, 0.5) is 0 Å². The van der Waals surface area contributed by atoms with Crippen LogP contribution in [0.5, 0.6) is 0 Å². The summed E-state index contributed by atoms with van der Waals surface area (Å²) in [5, 5.41) is 0. The summed E-state index contributed by atoms with van der Waals surface area (Å²) >= 11 is 3.58. The molecule has 0 saturated carbocycles. The average Bonchev–Trinajstić information content (AvgIpc) is 2.26. The van der Waals surface area contributed by atoms with Crippen molar-refractivity contribution in [3.05, 3.63) is 12.4 Å². The van der Waals surface area contributed by atoms with Crippen molar-refractivity contribution in [3.63, 3.8) is 0 Å². The van der Waals surface area contributed by atoms with Gasteiger partial charge in [-0.05, 0) is 6.42 Å². The molecule has 2 nitrogen and oxygen atoms in total. The smallest absolute Gasteiger partial charge is 0.234 e. The third-order valence-corrected chi connectivity index (χ3v) is 2.31. The number of unbranched alkanes of at least 4 members (excludes halogenated alkanes) is 1. The van der Waals surface area contributed by atoms with Crippen LogP contribution in [-0.2, 0) is 0 Å². The Balaban J connectivity index is 2.27. The molecule has 0 aliphatic carbocycles. The molecule has 3 heteroatoms. The monoisotopic (exact) mass is 219 g/mol. The van der Waals surface area contributed by atoms with E-state index in [0.29, 0.717) is 0 Å². The van der Waals surface area contributed by atoms with Gasteiger partial charge in [0.05, 0.1) is 13.2 Å². The van der Waals surface area contributed by atoms with Crippen LogP contribution >= 0.6 is 16.1 Å². The van der Waals surface area contributed by atoms with Crippen LogP contribution in [0.15, 0.2) is 12.4 Å². The zero-order valence-electron chi connectivity index (χ0n) is 7.26. The van der Waals surface area contributed by atoms with E-state index in [0.717, 1.165) is 10.2 Å². The minimum absolute atomic E-state index is 0.816. The van der Waals surface area contributed by atoms with Gasteiger partial charge in [-0.3, -0.25) is 0 Å². The summed E-state index contributed by atoms with van der Waals surface area (Å²) in [6.45, 7) is 4.47. The third kappa shape index (κ3) is 2.83. The van der Waals surface area contributed by atoms with E-state index in [1.165, 1.54) is 19.4 Å². The summed E-state index contributed by atoms with van der Waals surface area (Å²) in [7, 11) is 2.14. The predicted molar refractivity (Wildman–Crippen MR) is 50.7 cm³/mol. The fourth-order valence-electron chi connectivity index (χ4n) is 1.19. The summed E-state index contributed by atoms with van der Waals surface area (Å²) in [6, 6.07) is 0. The van der Waals surface area contributed by atoms with Gasteiger partial charge in [0.2, 0.25) is 16.1 Å². The van der Waals surface area contributed by atoms with Gasteiger partial charge in [0.1, 0.15) is 6.20 Å². The zero-order chi connectivity index (χ0) is 8.32. The fraction of sp³-hybridized carbons (Fsp3) is 0.750. The van der Waals surface area contributed by atoms with Crippen molar-refractivity contribution in [2.24, 2.45) is 0 Å². The molecule has 1 aliphatic heterocycles. The number of halogens is 1. The quantitative estimate of drug-likeness (QED) is 0.659. The molecule has 0 aromatic carbocycles. The lowest BCUT2D eigenvalue weighted by Gasteiger charge is -2.19. The molecule has 1 unspecified atom stereocenters. The first-order valence-electron chi connectivity index (χ1n) is 4.12. The maximum Gasteiger partial charge on any atom is 0.234 e. The molecule has 0 N–H and O–H groups in total. The van der Waals surface area contributed by atoms with Crippen molar-refractivity contribution in [3.8, 4) is 0 Å². The second-order valence-electron chi connectivity index (χ2n) is 3.25. The maximum absolute atomic E-state index is 3.58. The van der Waals surface area contributed by atoms with Gasteiger partial charge in [-0.1, -0.05) is 13.3 Å². The average molecular weight is 220 g/mol. The standard InChI is InChI=1S/C8H16BrN2/c1-3-4-5-10-6-7-11(2,9)8-10/h6-7H,3-5,8H2,1-2H3/q+1. The van der Waals surface area contributed by atoms with Crippen LogP contribution in [0.25, 0.3) is 0 Å². The van der Waals surface area contributed by atoms with E-state index in [2.05, 4.69) is 47.4 Å². The molecule has 1 aliphatic rings. The molecule has 0 bridgehead atoms. The molecule has 1 rings (SSSR count). The molecule has 0 fully saturated rings. The Labute approximate surface area is 77.4 Å². The highest BCUT2D eigenvalue weighted by molar-refractivity contribution is 9.05. The van der Waals surface area contributed by atoms with Gasteiger partial charge < -0.3 is 4.90 Å². The molecule has 0 saturated heterocycles. The second kappa shape index (κ2) is 3.59. The molecule has 0 radical (unpaired) electrons. The highest BCUT2D eigenvalue weighted by Crippen LogP contribution is 2.20. The van der Waals surface area contributed by atoms with E-state index >= 15 is 0 Å². The van der Waals surface area contributed by atoms with E-state index in [1.54, 1.807) is 0 Å². The van der Waals surface area contributed by atoms with Gasteiger partial charge in [-0.2, -0.15) is 0 Å². The number of nitrogens with zero attached hydrogens (tertiary/aromatic N) is 2. The highest BCUT2D eigenvalue weighted by Gasteiger charge is 2.24. The van der Waals surface area contributed by atoms with E-state index < -0.39 is 0 Å². The summed E-state index contributed by atoms with van der Waals surface area (Å²) in [6.07, 6.45) is 6.90. The summed E-state index contributed by atoms with van der Waals surface area (Å²) in [5.41, 5.74) is 0. The van der Waals surface area contributed by atoms with Crippen LogP contribution in [0, 0.1) is 0 Å². The molecule has 64 valence electrons. The molecule has 1 atom stereocenters. The predicted octanol–water partition coefficient (Wildman–Crippen LogP) is 2.29. The molecular formula is C8H16BrN2+. The minimum Gasteiger partial charge on any atom is -0.325 e. The zero-order valence-corrected chi connectivity index (χ0v) is 8.84. The van der Waals surface area contributed by atoms with Crippen molar-refractivity contribution in [1.82, 2.24) is 4.90 Å². The van der Waals surface area contributed by atoms with Crippen LogP contribution in [0.2, 0.25) is 0 Å². The Bertz CT molecular complexity index is 154. The third-order valence-electron chi connectivity index (χ3n) is 1.85. The highest BCUT2D eigenvalue weighted by atomic mass is 79.9. The van der Waals surface area contributed by atoms with Crippen molar-refractivity contribution in [2.45, 2.75) is 19.8 Å². The van der Waals surface area contributed by atoms with E-state index in [4.69, 9.17) is 0 Å². The molecule has 0 amide bonds. The first-order chi connectivity index (χ1) is 5.14. The molecule has 1 heterocycles. The first kappa shape index (κ1) is 9.07. The van der Waals surface area contributed by atoms with Crippen molar-refractivity contribution in [1.29, 1.82) is 0 Å². The Morgan fingerprint density at radius 2 is 2.36 bits per heavy atom. The Morgan fingerprint density at radius 1 is 1.64 bits per heavy atom. The summed E-state index contributed by atoms with van der Waals surface area (Å²) in [5.74, 6) is 0. The van der Waals surface area contributed by atoms with Crippen LogP contribution in [0.3, 0.4) is 0 Å². The SMILES string of the molecule is CCCCN1C=C[N+](C)(Br)C1. The molecular weight excluding hydrogens is 204 g/mol. The fourth-order valence-corrected chi connectivity index (χ4v) is 1.58. The van der Waals surface area contributed by atoms with Gasteiger partial charge in [0.25, 0.3) is 0 Å². The Kier molecular flexibility index (Phi) is 2.96. The number of rotatable bonds is 3. The van der Waals surface area contributed by atoms with Crippen LogP contribution in [0.1, 0.15) is 19.8 Å². The lowest BCUT2D eigenvalue weighted by Crippen LogP contribution is -2.31. The van der Waals surface area contributed by atoms with Gasteiger partial charge >= 0.3 is 0 Å². The van der Waals surface area contributed by atoms with E-state index in [9.17, 15) is 0 Å². The van der Waals surface area contributed by atoms with Crippen molar-refractivity contribution in [2.75, 3.05) is 20.3 Å². The lowest BCUT2D eigenvalue weighted by atomic mass is 10.3. The van der Waals surface area contributed by atoms with Crippen molar-refractivity contribution < 1.29 is 3.51 Å². The first-order valence-corrected chi connectivity index (χ1v) is 4.83. The summed E-state index contributed by atoms with van der Waals surface area (Å²) in [4.78, 5) is 2.35. The Hall–Kier alpha value is -0.0200. The van der Waals surface area contributed by atoms with Crippen LogP contribution < -0.4 is 0 Å². The van der Waals surface area contributed by atoms with E-state index in [-0.39, 0.29) is 0 Å². The van der Waals surface area contributed by atoms with Crippen molar-refractivity contribution >= 4 is 16.1 Å². The minimum atomic E-state index is 0.816. The molecule has 0 aromatic rings. The number of quaternary nitrogens is 1. The van der Waals surface area contributed by atoms with E-state index in [1.807, 2.05) is 0 Å². The number of hydrogen-bond donors (Lipinski definition) is 0. The largest absolute Gasteiger partial charge is 0.325 e. The van der Waals surface area contributed by atoms with Gasteiger partial charge in [-0.25, -0.2) is 3.51 Å². The molecule has 0 aromatic heterocycles. The maximum atomic E-state index is 3.58. The number of hydrogen-bond acceptors (Lipinski definition) is 1. The van der Waals surface area contributed by atoms with Crippen LogP contribution in [-0.4, -0.2) is 28.7 Å². The topological polar surface area (TPSA) is 3.24 Å². The van der Waals surface area contributed by atoms with Gasteiger partial charge in [0.15, 0.2) is 6.67 Å². The normalized spacial score (nSPS) is 29.9. The lowest BCUT2D eigenvalue weighted by molar-refractivity contribution is -0.702. The Morgan fingerprint density at radius 3 is 2.82 bits per heavy atom. The summed E-state index contributed by atoms with van der Waals surface area (Å²) < 4.78 is 0.816. The second-order valence-corrected chi connectivity index (χ2v) is 4.87. The molecule has 11 heavy (non-hydrogen) atoms.